The van der Waals surface area contributed by atoms with Crippen LogP contribution in [0.2, 0.25) is 0 Å². The molecule has 16 heavy (non-hydrogen) atoms. The van der Waals surface area contributed by atoms with Gasteiger partial charge in [0, 0.05) is 17.5 Å². The van der Waals surface area contributed by atoms with Crippen molar-refractivity contribution >= 4 is 21.4 Å². The van der Waals surface area contributed by atoms with Crippen molar-refractivity contribution in [2.75, 3.05) is 12.0 Å². The maximum Gasteiger partial charge on any atom is 0.149 e. The van der Waals surface area contributed by atoms with E-state index in [4.69, 9.17) is 11.6 Å². The summed E-state index contributed by atoms with van der Waals surface area (Å²) in [5.41, 5.74) is 2.81. The molecule has 0 aliphatic rings. The van der Waals surface area contributed by atoms with Crippen molar-refractivity contribution in [3.05, 3.63) is 17.0 Å². The number of hydrogen-bond donors (Lipinski definition) is 0. The van der Waals surface area contributed by atoms with E-state index in [0.29, 0.717) is 6.54 Å². The molecule has 0 bridgehead atoms. The highest BCUT2D eigenvalue weighted by atomic mass is 35.5. The van der Waals surface area contributed by atoms with Crippen molar-refractivity contribution in [1.29, 1.82) is 0 Å². The smallest absolute Gasteiger partial charge is 0.149 e. The maximum atomic E-state index is 11.1. The highest BCUT2D eigenvalue weighted by molar-refractivity contribution is 7.90. The van der Waals surface area contributed by atoms with Crippen LogP contribution >= 0.6 is 11.6 Å². The molecule has 0 fully saturated rings. The summed E-state index contributed by atoms with van der Waals surface area (Å²) in [6, 6.07) is 0. The van der Waals surface area contributed by atoms with Gasteiger partial charge in [-0.15, -0.1) is 11.6 Å². The predicted molar refractivity (Wildman–Crippen MR) is 65.7 cm³/mol. The third kappa shape index (κ3) is 3.22. The fourth-order valence-electron chi connectivity index (χ4n) is 1.76. The largest absolute Gasteiger partial charge is 0.268 e. The van der Waals surface area contributed by atoms with E-state index >= 15 is 0 Å². The van der Waals surface area contributed by atoms with Crippen LogP contribution < -0.4 is 0 Å². The Labute approximate surface area is 102 Å². The number of nitrogens with zero attached hydrogens (tertiary/aromatic N) is 2. The van der Waals surface area contributed by atoms with Crippen LogP contribution in [0.15, 0.2) is 0 Å². The molecule has 0 radical (unpaired) electrons. The lowest BCUT2D eigenvalue weighted by molar-refractivity contribution is 0.581. The van der Waals surface area contributed by atoms with E-state index in [1.54, 1.807) is 4.68 Å². The topological polar surface area (TPSA) is 52.0 Å². The van der Waals surface area contributed by atoms with E-state index in [2.05, 4.69) is 5.10 Å². The Morgan fingerprint density at radius 2 is 2.00 bits per heavy atom. The summed E-state index contributed by atoms with van der Waals surface area (Å²) in [5, 5.41) is 4.20. The van der Waals surface area contributed by atoms with Crippen molar-refractivity contribution in [3.63, 3.8) is 0 Å². The van der Waals surface area contributed by atoms with Gasteiger partial charge in [0.2, 0.25) is 0 Å². The van der Waals surface area contributed by atoms with Gasteiger partial charge >= 0.3 is 0 Å². The highest BCUT2D eigenvalue weighted by Gasteiger charge is 2.16. The molecule has 0 aromatic carbocycles. The van der Waals surface area contributed by atoms with E-state index in [-0.39, 0.29) is 11.1 Å². The van der Waals surface area contributed by atoms with Crippen LogP contribution in [-0.4, -0.2) is 30.2 Å². The average molecular weight is 265 g/mol. The van der Waals surface area contributed by atoms with Gasteiger partial charge in [-0.2, -0.15) is 5.10 Å². The zero-order chi connectivity index (χ0) is 12.5. The minimum atomic E-state index is -2.96. The first-order chi connectivity index (χ1) is 7.22. The highest BCUT2D eigenvalue weighted by Crippen LogP contribution is 2.26. The minimum absolute atomic E-state index is 0.102. The molecule has 0 aliphatic carbocycles. The number of alkyl halides is 1. The first kappa shape index (κ1) is 13.5. The Hall–Kier alpha value is -0.550. The standard InChI is InChI=1S/C10H17ClN2O2S/c1-7(11)10-8(2)12-13(9(10)3)5-6-16(4,14)15/h7H,5-6H2,1-4H3. The van der Waals surface area contributed by atoms with E-state index in [1.807, 2.05) is 20.8 Å². The first-order valence-electron chi connectivity index (χ1n) is 5.08. The summed E-state index contributed by atoms with van der Waals surface area (Å²) in [6.07, 6.45) is 1.23. The van der Waals surface area contributed by atoms with Crippen LogP contribution in [0.25, 0.3) is 0 Å². The predicted octanol–water partition coefficient (Wildman–Crippen LogP) is 1.84. The Bertz CT molecular complexity index is 477. The van der Waals surface area contributed by atoms with Crippen LogP contribution in [0, 0.1) is 13.8 Å². The van der Waals surface area contributed by atoms with E-state index in [0.717, 1.165) is 17.0 Å². The molecule has 1 heterocycles. The fraction of sp³-hybridized carbons (Fsp3) is 0.700. The molecule has 1 aromatic rings. The van der Waals surface area contributed by atoms with E-state index in [9.17, 15) is 8.42 Å². The first-order valence-corrected chi connectivity index (χ1v) is 7.57. The third-order valence-electron chi connectivity index (χ3n) is 2.51. The van der Waals surface area contributed by atoms with Gasteiger partial charge in [-0.1, -0.05) is 0 Å². The lowest BCUT2D eigenvalue weighted by Gasteiger charge is -2.05. The number of hydrogen-bond acceptors (Lipinski definition) is 3. The van der Waals surface area contributed by atoms with Crippen molar-refractivity contribution in [3.8, 4) is 0 Å². The fourth-order valence-corrected chi connectivity index (χ4v) is 2.58. The zero-order valence-corrected chi connectivity index (χ0v) is 11.6. The summed E-state index contributed by atoms with van der Waals surface area (Å²) < 4.78 is 23.9. The van der Waals surface area contributed by atoms with Crippen molar-refractivity contribution in [2.24, 2.45) is 0 Å². The number of halogens is 1. The van der Waals surface area contributed by atoms with Gasteiger partial charge in [-0.25, -0.2) is 8.42 Å². The number of aromatic nitrogens is 2. The molecule has 1 unspecified atom stereocenters. The van der Waals surface area contributed by atoms with E-state index in [1.165, 1.54) is 6.26 Å². The molecule has 0 amide bonds. The zero-order valence-electron chi connectivity index (χ0n) is 9.99. The molecule has 4 nitrogen and oxygen atoms in total. The average Bonchev–Trinajstić information content (AvgIpc) is 2.36. The van der Waals surface area contributed by atoms with Gasteiger partial charge < -0.3 is 0 Å². The van der Waals surface area contributed by atoms with Crippen LogP contribution in [-0.2, 0) is 16.4 Å². The van der Waals surface area contributed by atoms with Gasteiger partial charge in [0.25, 0.3) is 0 Å². The number of sulfone groups is 1. The van der Waals surface area contributed by atoms with E-state index < -0.39 is 9.84 Å². The molecule has 92 valence electrons. The molecular weight excluding hydrogens is 248 g/mol. The lowest BCUT2D eigenvalue weighted by atomic mass is 10.1. The van der Waals surface area contributed by atoms with Gasteiger partial charge in [0.1, 0.15) is 9.84 Å². The number of rotatable bonds is 4. The SMILES string of the molecule is Cc1nn(CCS(C)(=O)=O)c(C)c1C(C)Cl. The molecule has 0 N–H and O–H groups in total. The Morgan fingerprint density at radius 3 is 2.38 bits per heavy atom. The van der Waals surface area contributed by atoms with Crippen molar-refractivity contribution < 1.29 is 8.42 Å². The van der Waals surface area contributed by atoms with Crippen LogP contribution in [0.1, 0.15) is 29.3 Å². The molecule has 0 aliphatic heterocycles. The summed E-state index contributed by atoms with van der Waals surface area (Å²) >= 11 is 6.05. The molecule has 6 heteroatoms. The Kier molecular flexibility index (Phi) is 4.02. The quantitative estimate of drug-likeness (QED) is 0.780. The Morgan fingerprint density at radius 1 is 1.44 bits per heavy atom. The molecule has 1 aromatic heterocycles. The van der Waals surface area contributed by atoms with Gasteiger partial charge in [0.05, 0.1) is 23.4 Å². The molecular formula is C10H17ClN2O2S. The normalized spacial score (nSPS) is 14.1. The molecule has 1 rings (SSSR count). The van der Waals surface area contributed by atoms with Gasteiger partial charge in [-0.05, 0) is 20.8 Å². The molecule has 0 saturated heterocycles. The van der Waals surface area contributed by atoms with Crippen LogP contribution in [0.3, 0.4) is 0 Å². The summed E-state index contributed by atoms with van der Waals surface area (Å²) in [7, 11) is -2.96. The van der Waals surface area contributed by atoms with Crippen LogP contribution in [0.5, 0.6) is 0 Å². The number of aryl methyl sites for hydroxylation is 2. The van der Waals surface area contributed by atoms with Gasteiger partial charge in [-0.3, -0.25) is 4.68 Å². The monoisotopic (exact) mass is 264 g/mol. The van der Waals surface area contributed by atoms with Gasteiger partial charge in [0.15, 0.2) is 0 Å². The minimum Gasteiger partial charge on any atom is -0.268 e. The van der Waals surface area contributed by atoms with Crippen molar-refractivity contribution in [1.82, 2.24) is 9.78 Å². The van der Waals surface area contributed by atoms with Crippen LogP contribution in [0.4, 0.5) is 0 Å². The van der Waals surface area contributed by atoms with Crippen molar-refractivity contribution in [2.45, 2.75) is 32.7 Å². The molecule has 0 saturated carbocycles. The molecule has 0 spiro atoms. The second kappa shape index (κ2) is 4.75. The third-order valence-corrected chi connectivity index (χ3v) is 3.65. The maximum absolute atomic E-state index is 11.1. The Balaban J connectivity index is 2.95. The second-order valence-electron chi connectivity index (χ2n) is 4.05. The summed E-state index contributed by atoms with van der Waals surface area (Å²) in [6.45, 7) is 6.07. The lowest BCUT2D eigenvalue weighted by Crippen LogP contribution is -2.13. The summed E-state index contributed by atoms with van der Waals surface area (Å²) in [4.78, 5) is 0. The summed E-state index contributed by atoms with van der Waals surface area (Å²) in [5.74, 6) is 0.102. The molecule has 1 atom stereocenters. The second-order valence-corrected chi connectivity index (χ2v) is 6.97.